The molecule has 1 N–H and O–H groups in total. The van der Waals surface area contributed by atoms with E-state index in [1.807, 2.05) is 31.2 Å². The van der Waals surface area contributed by atoms with Gasteiger partial charge in [-0.1, -0.05) is 31.1 Å². The second-order valence-electron chi connectivity index (χ2n) is 4.90. The van der Waals surface area contributed by atoms with Crippen molar-refractivity contribution >= 4 is 16.9 Å². The summed E-state index contributed by atoms with van der Waals surface area (Å²) >= 11 is 0. The summed E-state index contributed by atoms with van der Waals surface area (Å²) in [6, 6.07) is 7.73. The minimum absolute atomic E-state index is 0.0183. The van der Waals surface area contributed by atoms with E-state index in [1.165, 1.54) is 0 Å². The van der Waals surface area contributed by atoms with Crippen LogP contribution >= 0.6 is 0 Å². The number of benzene rings is 1. The number of carbonyl (C=O) groups is 1. The van der Waals surface area contributed by atoms with E-state index in [-0.39, 0.29) is 18.4 Å². The van der Waals surface area contributed by atoms with Crippen LogP contribution in [-0.4, -0.2) is 17.1 Å². The van der Waals surface area contributed by atoms with Gasteiger partial charge in [0.15, 0.2) is 5.58 Å². The largest absolute Gasteiger partial charge is 0.356 e. The van der Waals surface area contributed by atoms with Crippen molar-refractivity contribution in [3.63, 3.8) is 0 Å². The molecular weight excluding hydrogens is 228 g/mol. The third-order valence-electron chi connectivity index (χ3n) is 3.17. The fourth-order valence-corrected chi connectivity index (χ4v) is 1.69. The summed E-state index contributed by atoms with van der Waals surface area (Å²) in [5.74, 6) is 0.401. The Morgan fingerprint density at radius 2 is 2.06 bits per heavy atom. The number of amides is 1. The minimum atomic E-state index is -0.0183. The second kappa shape index (κ2) is 5.21. The summed E-state index contributed by atoms with van der Waals surface area (Å²) in [5, 5.41) is 7.82. The predicted octanol–water partition coefficient (Wildman–Crippen LogP) is 2.53. The molecule has 2 rings (SSSR count). The molecule has 0 saturated heterocycles. The first-order valence-corrected chi connectivity index (χ1v) is 6.20. The monoisotopic (exact) mass is 246 g/mol. The van der Waals surface area contributed by atoms with Gasteiger partial charge in [-0.2, -0.15) is 0 Å². The van der Waals surface area contributed by atoms with Crippen molar-refractivity contribution in [2.45, 2.75) is 33.2 Å². The molecule has 0 aliphatic rings. The lowest BCUT2D eigenvalue weighted by molar-refractivity contribution is -0.121. The number of hydrogen-bond donors (Lipinski definition) is 1. The zero-order chi connectivity index (χ0) is 13.1. The van der Waals surface area contributed by atoms with Gasteiger partial charge in [0.25, 0.3) is 0 Å². The van der Waals surface area contributed by atoms with E-state index in [4.69, 9.17) is 4.52 Å². The van der Waals surface area contributed by atoms with Gasteiger partial charge in [-0.15, -0.1) is 0 Å². The maximum atomic E-state index is 11.9. The van der Waals surface area contributed by atoms with E-state index in [1.54, 1.807) is 0 Å². The molecule has 4 heteroatoms. The summed E-state index contributed by atoms with van der Waals surface area (Å²) in [6.07, 6.45) is 0.258. The van der Waals surface area contributed by atoms with E-state index in [2.05, 4.69) is 24.3 Å². The zero-order valence-corrected chi connectivity index (χ0v) is 10.9. The normalized spacial score (nSPS) is 12.9. The Hall–Kier alpha value is -1.84. The standard InChI is InChI=1S/C14H18N2O2/c1-9(2)10(3)15-14(17)8-12-11-6-4-5-7-13(11)18-16-12/h4-7,9-10H,8H2,1-3H3,(H,15,17). The maximum Gasteiger partial charge on any atom is 0.226 e. The van der Waals surface area contributed by atoms with Gasteiger partial charge >= 0.3 is 0 Å². The number of hydrogen-bond acceptors (Lipinski definition) is 3. The molecule has 2 aromatic rings. The molecule has 0 fully saturated rings. The number of carbonyl (C=O) groups excluding carboxylic acids is 1. The number of nitrogens with zero attached hydrogens (tertiary/aromatic N) is 1. The Balaban J connectivity index is 2.07. The van der Waals surface area contributed by atoms with Crippen molar-refractivity contribution < 1.29 is 9.32 Å². The summed E-state index contributed by atoms with van der Waals surface area (Å²) in [4.78, 5) is 11.9. The summed E-state index contributed by atoms with van der Waals surface area (Å²) in [7, 11) is 0. The molecule has 0 aliphatic carbocycles. The first-order chi connectivity index (χ1) is 8.58. The Labute approximate surface area is 106 Å². The Kier molecular flexibility index (Phi) is 3.65. The highest BCUT2D eigenvalue weighted by Gasteiger charge is 2.15. The lowest BCUT2D eigenvalue weighted by Crippen LogP contribution is -2.37. The summed E-state index contributed by atoms with van der Waals surface area (Å²) < 4.78 is 5.17. The number of nitrogens with one attached hydrogen (secondary N) is 1. The van der Waals surface area contributed by atoms with Crippen LogP contribution in [0, 0.1) is 5.92 Å². The van der Waals surface area contributed by atoms with Crippen LogP contribution in [-0.2, 0) is 11.2 Å². The molecule has 0 aliphatic heterocycles. The predicted molar refractivity (Wildman–Crippen MR) is 70.2 cm³/mol. The van der Waals surface area contributed by atoms with Crippen LogP contribution in [0.25, 0.3) is 11.0 Å². The Bertz CT molecular complexity index is 545. The molecule has 1 atom stereocenters. The SMILES string of the molecule is CC(C)C(C)NC(=O)Cc1noc2ccccc12. The van der Waals surface area contributed by atoms with Crippen molar-refractivity contribution in [2.24, 2.45) is 5.92 Å². The van der Waals surface area contributed by atoms with Gasteiger partial charge in [0.05, 0.1) is 6.42 Å². The fraction of sp³-hybridized carbons (Fsp3) is 0.429. The minimum Gasteiger partial charge on any atom is -0.356 e. The van der Waals surface area contributed by atoms with Gasteiger partial charge in [0.1, 0.15) is 5.69 Å². The van der Waals surface area contributed by atoms with Crippen LogP contribution < -0.4 is 5.32 Å². The van der Waals surface area contributed by atoms with E-state index in [0.717, 1.165) is 11.0 Å². The number of rotatable bonds is 4. The van der Waals surface area contributed by atoms with Crippen molar-refractivity contribution in [3.05, 3.63) is 30.0 Å². The molecule has 96 valence electrons. The van der Waals surface area contributed by atoms with E-state index >= 15 is 0 Å². The fourth-order valence-electron chi connectivity index (χ4n) is 1.69. The molecule has 0 bridgehead atoms. The summed E-state index contributed by atoms with van der Waals surface area (Å²) in [5.41, 5.74) is 1.41. The first-order valence-electron chi connectivity index (χ1n) is 6.20. The molecule has 1 heterocycles. The highest BCUT2D eigenvalue weighted by Crippen LogP contribution is 2.18. The van der Waals surface area contributed by atoms with Gasteiger partial charge in [0, 0.05) is 11.4 Å². The lowest BCUT2D eigenvalue weighted by Gasteiger charge is -2.16. The number of aromatic nitrogens is 1. The van der Waals surface area contributed by atoms with Crippen LogP contribution in [0.2, 0.25) is 0 Å². The molecule has 0 radical (unpaired) electrons. The molecule has 1 unspecified atom stereocenters. The smallest absolute Gasteiger partial charge is 0.226 e. The van der Waals surface area contributed by atoms with Crippen molar-refractivity contribution in [1.29, 1.82) is 0 Å². The highest BCUT2D eigenvalue weighted by molar-refractivity contribution is 5.86. The van der Waals surface area contributed by atoms with Crippen molar-refractivity contribution in [3.8, 4) is 0 Å². The maximum absolute atomic E-state index is 11.9. The number of para-hydroxylation sites is 1. The molecule has 1 amide bonds. The molecule has 4 nitrogen and oxygen atoms in total. The highest BCUT2D eigenvalue weighted by atomic mass is 16.5. The Morgan fingerprint density at radius 3 is 2.78 bits per heavy atom. The van der Waals surface area contributed by atoms with E-state index in [9.17, 15) is 4.79 Å². The molecule has 1 aromatic carbocycles. The van der Waals surface area contributed by atoms with Crippen molar-refractivity contribution in [1.82, 2.24) is 10.5 Å². The lowest BCUT2D eigenvalue weighted by atomic mass is 10.1. The van der Waals surface area contributed by atoms with Gasteiger partial charge in [-0.25, -0.2) is 0 Å². The molecular formula is C14H18N2O2. The summed E-state index contributed by atoms with van der Waals surface area (Å²) in [6.45, 7) is 6.16. The third-order valence-corrected chi connectivity index (χ3v) is 3.17. The first kappa shape index (κ1) is 12.6. The average molecular weight is 246 g/mol. The molecule has 0 spiro atoms. The zero-order valence-electron chi connectivity index (χ0n) is 10.9. The van der Waals surface area contributed by atoms with Crippen LogP contribution in [0.3, 0.4) is 0 Å². The number of fused-ring (bicyclic) bond motifs is 1. The average Bonchev–Trinajstić information content (AvgIpc) is 2.72. The second-order valence-corrected chi connectivity index (χ2v) is 4.90. The van der Waals surface area contributed by atoms with Crippen LogP contribution in [0.4, 0.5) is 0 Å². The van der Waals surface area contributed by atoms with Gasteiger partial charge < -0.3 is 9.84 Å². The van der Waals surface area contributed by atoms with Crippen LogP contribution in [0.5, 0.6) is 0 Å². The van der Waals surface area contributed by atoms with Crippen LogP contribution in [0.15, 0.2) is 28.8 Å². The van der Waals surface area contributed by atoms with E-state index < -0.39 is 0 Å². The van der Waals surface area contributed by atoms with Gasteiger partial charge in [-0.3, -0.25) is 4.79 Å². The van der Waals surface area contributed by atoms with Gasteiger partial charge in [0.2, 0.25) is 5.91 Å². The topological polar surface area (TPSA) is 55.1 Å². The Morgan fingerprint density at radius 1 is 1.33 bits per heavy atom. The van der Waals surface area contributed by atoms with Gasteiger partial charge in [-0.05, 0) is 25.0 Å². The molecule has 0 saturated carbocycles. The molecule has 18 heavy (non-hydrogen) atoms. The molecule has 1 aromatic heterocycles. The quantitative estimate of drug-likeness (QED) is 0.901. The van der Waals surface area contributed by atoms with Crippen molar-refractivity contribution in [2.75, 3.05) is 0 Å². The third kappa shape index (κ3) is 2.70. The van der Waals surface area contributed by atoms with E-state index in [0.29, 0.717) is 11.6 Å². The van der Waals surface area contributed by atoms with Crippen LogP contribution in [0.1, 0.15) is 26.5 Å².